The smallest absolute Gasteiger partial charge is 0.197 e. The Balaban J connectivity index is 1.29. The van der Waals surface area contributed by atoms with Gasteiger partial charge < -0.3 is 9.13 Å². The zero-order valence-electron chi connectivity index (χ0n) is 47.7. The third-order valence-corrected chi connectivity index (χ3v) is 16.6. The van der Waals surface area contributed by atoms with E-state index in [-0.39, 0.29) is 0 Å². The molecule has 4 heteroatoms. The number of benzene rings is 10. The molecule has 12 rings (SSSR count). The van der Waals surface area contributed by atoms with Crippen molar-refractivity contribution in [3.8, 4) is 73.1 Å². The van der Waals surface area contributed by atoms with Gasteiger partial charge in [0.25, 0.3) is 0 Å². The summed E-state index contributed by atoms with van der Waals surface area (Å²) in [6.07, 6.45) is 0. The third kappa shape index (κ3) is 8.43. The molecule has 2 heterocycles. The minimum Gasteiger partial charge on any atom is -0.308 e. The number of aromatic nitrogens is 2. The van der Waals surface area contributed by atoms with Crippen LogP contribution >= 0.6 is 0 Å². The first-order valence-electron chi connectivity index (χ1n) is 27.5. The molecule has 384 valence electrons. The Bertz CT molecular complexity index is 4380. The maximum atomic E-state index is 10.4. The molecule has 2 aromatic heterocycles. The molecule has 0 amide bonds. The first-order valence-corrected chi connectivity index (χ1v) is 27.5. The predicted molar refractivity (Wildman–Crippen MR) is 335 cm³/mol. The van der Waals surface area contributed by atoms with Crippen molar-refractivity contribution in [1.82, 2.24) is 9.13 Å². The fourth-order valence-corrected chi connectivity index (χ4v) is 14.0. The van der Waals surface area contributed by atoms with Crippen LogP contribution in [0.25, 0.3) is 115 Å². The van der Waals surface area contributed by atoms with Gasteiger partial charge in [0, 0.05) is 21.5 Å². The van der Waals surface area contributed by atoms with E-state index in [0.29, 0.717) is 11.3 Å². The van der Waals surface area contributed by atoms with Crippen molar-refractivity contribution in [2.75, 3.05) is 0 Å². The fraction of sp³-hybridized carbons (Fsp3) is 0.173. The van der Waals surface area contributed by atoms with Crippen LogP contribution in [-0.2, 0) is 0 Å². The maximum absolute atomic E-state index is 10.4. The summed E-state index contributed by atoms with van der Waals surface area (Å²) in [5.74, 6) is 0. The largest absolute Gasteiger partial charge is 0.308 e. The van der Waals surface area contributed by atoms with Gasteiger partial charge in [-0.25, -0.2) is 4.85 Å². The normalized spacial score (nSPS) is 11.6. The summed E-state index contributed by atoms with van der Waals surface area (Å²) in [5, 5.41) is 14.9. The van der Waals surface area contributed by atoms with Gasteiger partial charge in [0.15, 0.2) is 5.69 Å². The monoisotopic (exact) mass is 1020 g/mol. The van der Waals surface area contributed by atoms with E-state index in [0.717, 1.165) is 93.9 Å². The van der Waals surface area contributed by atoms with Crippen LogP contribution in [0.15, 0.2) is 152 Å². The van der Waals surface area contributed by atoms with E-state index in [4.69, 9.17) is 6.57 Å². The number of aryl methyl sites for hydroxylation is 13. The third-order valence-electron chi connectivity index (χ3n) is 16.6. The van der Waals surface area contributed by atoms with E-state index in [9.17, 15) is 5.26 Å². The Morgan fingerprint density at radius 3 is 0.911 bits per heavy atom. The second kappa shape index (κ2) is 19.1. The Labute approximate surface area is 465 Å². The van der Waals surface area contributed by atoms with Crippen LogP contribution in [0.3, 0.4) is 0 Å². The van der Waals surface area contributed by atoms with Crippen LogP contribution in [0, 0.1) is 108 Å². The molecule has 0 spiro atoms. The topological polar surface area (TPSA) is 38.0 Å². The standard InChI is InChI=1S/C75H64N4/c1-41-23-46(6)72(47(7)24-41)55-15-19-60-61-20-16-56(73-48(8)25-42(2)26-49(73)9)35-67(61)78(66(60)34-55)70-38-64(59-32-45(5)31-54(33-59)40-76)65(77-14)39-71(70)79-68-36-57(74-50(10)27-43(3)28-51(74)11)17-21-62(68)63-22-18-58(37-69(63)79)75-52(12)29-44(4)30-53(75)13/h15-39H,1-13H3. The highest BCUT2D eigenvalue weighted by Gasteiger charge is 2.26. The summed E-state index contributed by atoms with van der Waals surface area (Å²) in [4.78, 5) is 4.41. The van der Waals surface area contributed by atoms with E-state index in [1.807, 2.05) is 19.1 Å². The van der Waals surface area contributed by atoms with E-state index < -0.39 is 0 Å². The zero-order chi connectivity index (χ0) is 55.5. The zero-order valence-corrected chi connectivity index (χ0v) is 47.7. The molecule has 79 heavy (non-hydrogen) atoms. The van der Waals surface area contributed by atoms with Crippen molar-refractivity contribution < 1.29 is 0 Å². The molecule has 0 atom stereocenters. The van der Waals surface area contributed by atoms with Crippen LogP contribution in [0.5, 0.6) is 0 Å². The second-order valence-corrected chi connectivity index (χ2v) is 22.9. The Morgan fingerprint density at radius 2 is 0.620 bits per heavy atom. The van der Waals surface area contributed by atoms with Crippen LogP contribution in [-0.4, -0.2) is 9.13 Å². The molecule has 0 aliphatic heterocycles. The number of fused-ring (bicyclic) bond motifs is 6. The quantitative estimate of drug-likeness (QED) is 0.147. The van der Waals surface area contributed by atoms with E-state index in [2.05, 4.69) is 243 Å². The molecule has 4 nitrogen and oxygen atoms in total. The first kappa shape index (κ1) is 50.6. The van der Waals surface area contributed by atoms with E-state index >= 15 is 0 Å². The van der Waals surface area contributed by atoms with Crippen LogP contribution in [0.1, 0.15) is 77.9 Å². The highest BCUT2D eigenvalue weighted by atomic mass is 15.1. The summed E-state index contributed by atoms with van der Waals surface area (Å²) >= 11 is 0. The Hall–Kier alpha value is -9.22. The molecule has 0 bridgehead atoms. The van der Waals surface area contributed by atoms with Crippen LogP contribution < -0.4 is 0 Å². The van der Waals surface area contributed by atoms with Crippen LogP contribution in [0.2, 0.25) is 0 Å². The molecule has 0 aliphatic rings. The Morgan fingerprint density at radius 1 is 0.329 bits per heavy atom. The Kier molecular flexibility index (Phi) is 12.2. The number of rotatable bonds is 7. The highest BCUT2D eigenvalue weighted by Crippen LogP contribution is 2.47. The van der Waals surface area contributed by atoms with Gasteiger partial charge in [-0.05, 0) is 244 Å². The van der Waals surface area contributed by atoms with Gasteiger partial charge in [-0.3, -0.25) is 0 Å². The average Bonchev–Trinajstić information content (AvgIpc) is 3.91. The first-order chi connectivity index (χ1) is 37.9. The van der Waals surface area contributed by atoms with Crippen molar-refractivity contribution in [1.29, 1.82) is 5.26 Å². The molecule has 10 aromatic carbocycles. The van der Waals surface area contributed by atoms with E-state index in [1.165, 1.54) is 89.0 Å². The average molecular weight is 1020 g/mol. The van der Waals surface area contributed by atoms with Crippen LogP contribution in [0.4, 0.5) is 5.69 Å². The van der Waals surface area contributed by atoms with Crippen molar-refractivity contribution in [3.63, 3.8) is 0 Å². The fourth-order valence-electron chi connectivity index (χ4n) is 14.0. The summed E-state index contributed by atoms with van der Waals surface area (Å²) < 4.78 is 4.94. The van der Waals surface area contributed by atoms with Gasteiger partial charge in [-0.1, -0.05) is 125 Å². The summed E-state index contributed by atoms with van der Waals surface area (Å²) in [7, 11) is 0. The highest BCUT2D eigenvalue weighted by molar-refractivity contribution is 6.14. The van der Waals surface area contributed by atoms with Gasteiger partial charge in [0.05, 0.1) is 51.6 Å². The van der Waals surface area contributed by atoms with Crippen molar-refractivity contribution in [2.45, 2.75) is 90.0 Å². The molecule has 12 aromatic rings. The number of hydrogen-bond donors (Lipinski definition) is 0. The van der Waals surface area contributed by atoms with Crippen molar-refractivity contribution in [3.05, 3.63) is 241 Å². The summed E-state index contributed by atoms with van der Waals surface area (Å²) in [6, 6.07) is 59.0. The number of nitriles is 1. The number of nitrogens with zero attached hydrogens (tertiary/aromatic N) is 4. The van der Waals surface area contributed by atoms with Gasteiger partial charge in [-0.2, -0.15) is 5.26 Å². The van der Waals surface area contributed by atoms with Gasteiger partial charge in [0.2, 0.25) is 0 Å². The second-order valence-electron chi connectivity index (χ2n) is 22.9. The molecule has 0 N–H and O–H groups in total. The van der Waals surface area contributed by atoms with Gasteiger partial charge in [-0.15, -0.1) is 0 Å². The van der Waals surface area contributed by atoms with Gasteiger partial charge >= 0.3 is 0 Å². The summed E-state index contributed by atoms with van der Waals surface area (Å²) in [6.45, 7) is 37.6. The summed E-state index contributed by atoms with van der Waals surface area (Å²) in [5.41, 5.74) is 34.0. The lowest BCUT2D eigenvalue weighted by Crippen LogP contribution is -2.05. The number of hydrogen-bond acceptors (Lipinski definition) is 1. The molecule has 0 fully saturated rings. The minimum absolute atomic E-state index is 0.505. The lowest BCUT2D eigenvalue weighted by molar-refractivity contribution is 1.10. The molecule has 0 saturated heterocycles. The van der Waals surface area contributed by atoms with E-state index in [1.54, 1.807) is 0 Å². The maximum Gasteiger partial charge on any atom is 0.197 e. The predicted octanol–water partition coefficient (Wildman–Crippen LogP) is 20.6. The molecular formula is C75H64N4. The van der Waals surface area contributed by atoms with Crippen molar-refractivity contribution >= 4 is 49.3 Å². The lowest BCUT2D eigenvalue weighted by Gasteiger charge is -2.21. The SMILES string of the molecule is [C-]#[N+]c1cc(-n2c3cc(-c4c(C)cc(C)cc4C)ccc3c3ccc(-c4c(C)cc(C)cc4C)cc32)c(-n2c3cc(-c4c(C)cc(C)cc4C)ccc3c3ccc(-c4c(C)cc(C)cc4C)cc32)cc1-c1cc(C)cc(C#N)c1. The molecule has 0 radical (unpaired) electrons. The molecule has 0 unspecified atom stereocenters. The molecular weight excluding hydrogens is 957 g/mol. The lowest BCUT2D eigenvalue weighted by atomic mass is 9.92. The molecule has 0 saturated carbocycles. The minimum atomic E-state index is 0.505. The van der Waals surface area contributed by atoms with Crippen molar-refractivity contribution in [2.24, 2.45) is 0 Å². The molecule has 0 aliphatic carbocycles. The van der Waals surface area contributed by atoms with Gasteiger partial charge in [0.1, 0.15) is 0 Å².